The highest BCUT2D eigenvalue weighted by Gasteiger charge is 2.24. The zero-order valence-electron chi connectivity index (χ0n) is 16.1. The molecule has 0 unspecified atom stereocenters. The standard InChI is InChI=1S/C24H29F3/c1-2-3-5-17-8-12-19(13-9-17)20-14-10-18(16-24(20)27)11-15-21-22(25)6-4-7-23(21)26/h4,6-7,10,14,16-17,19H,2-3,5,8-9,11-13,15H2,1H3/t17-,19-. The molecule has 0 nitrogen and oxygen atoms in total. The molecule has 1 aliphatic carbocycles. The van der Waals surface area contributed by atoms with Crippen molar-refractivity contribution in [2.75, 3.05) is 0 Å². The second-order valence-electron chi connectivity index (χ2n) is 7.92. The smallest absolute Gasteiger partial charge is 0.129 e. The Labute approximate surface area is 160 Å². The van der Waals surface area contributed by atoms with E-state index in [0.29, 0.717) is 12.3 Å². The lowest BCUT2D eigenvalue weighted by Gasteiger charge is -2.29. The summed E-state index contributed by atoms with van der Waals surface area (Å²) in [7, 11) is 0. The highest BCUT2D eigenvalue weighted by molar-refractivity contribution is 5.29. The Morgan fingerprint density at radius 1 is 0.852 bits per heavy atom. The summed E-state index contributed by atoms with van der Waals surface area (Å²) in [5.41, 5.74) is 1.67. The molecule has 1 fully saturated rings. The van der Waals surface area contributed by atoms with Crippen LogP contribution in [0.1, 0.15) is 74.5 Å². The lowest BCUT2D eigenvalue weighted by atomic mass is 9.77. The SMILES string of the molecule is CCCC[C@H]1CC[C@H](c2ccc(CCc3c(F)cccc3F)cc2F)CC1. The maximum atomic E-state index is 14.7. The minimum Gasteiger partial charge on any atom is -0.207 e. The quantitative estimate of drug-likeness (QED) is 0.475. The summed E-state index contributed by atoms with van der Waals surface area (Å²) >= 11 is 0. The third kappa shape index (κ3) is 5.15. The van der Waals surface area contributed by atoms with Crippen LogP contribution in [0, 0.1) is 23.4 Å². The Kier molecular flexibility index (Phi) is 6.98. The van der Waals surface area contributed by atoms with Crippen molar-refractivity contribution in [1.82, 2.24) is 0 Å². The average molecular weight is 374 g/mol. The normalized spacial score (nSPS) is 20.0. The summed E-state index contributed by atoms with van der Waals surface area (Å²) in [6, 6.07) is 9.24. The van der Waals surface area contributed by atoms with Gasteiger partial charge in [-0.2, -0.15) is 0 Å². The van der Waals surface area contributed by atoms with Crippen molar-refractivity contribution >= 4 is 0 Å². The fourth-order valence-electron chi connectivity index (χ4n) is 4.35. The van der Waals surface area contributed by atoms with Gasteiger partial charge < -0.3 is 0 Å². The molecule has 0 bridgehead atoms. The van der Waals surface area contributed by atoms with Crippen molar-refractivity contribution in [3.8, 4) is 0 Å². The molecule has 0 radical (unpaired) electrons. The molecule has 2 aromatic rings. The van der Waals surface area contributed by atoms with E-state index in [9.17, 15) is 13.2 Å². The van der Waals surface area contributed by atoms with Crippen molar-refractivity contribution in [1.29, 1.82) is 0 Å². The Morgan fingerprint density at radius 3 is 2.19 bits per heavy atom. The summed E-state index contributed by atoms with van der Waals surface area (Å²) < 4.78 is 42.1. The highest BCUT2D eigenvalue weighted by Crippen LogP contribution is 2.38. The number of halogens is 3. The monoisotopic (exact) mass is 374 g/mol. The molecule has 0 amide bonds. The summed E-state index contributed by atoms with van der Waals surface area (Å²) in [5.74, 6) is -0.127. The third-order valence-electron chi connectivity index (χ3n) is 6.04. The van der Waals surface area contributed by atoms with Crippen LogP contribution < -0.4 is 0 Å². The molecule has 146 valence electrons. The van der Waals surface area contributed by atoms with E-state index in [1.54, 1.807) is 6.07 Å². The molecule has 2 aromatic carbocycles. The summed E-state index contributed by atoms with van der Waals surface area (Å²) in [6.07, 6.45) is 9.01. The van der Waals surface area contributed by atoms with Gasteiger partial charge in [-0.15, -0.1) is 0 Å². The fourth-order valence-corrected chi connectivity index (χ4v) is 4.35. The maximum Gasteiger partial charge on any atom is 0.129 e. The molecule has 0 N–H and O–H groups in total. The predicted octanol–water partition coefficient (Wildman–Crippen LogP) is 7.35. The van der Waals surface area contributed by atoms with Gasteiger partial charge in [0.1, 0.15) is 17.5 Å². The Hall–Kier alpha value is -1.77. The summed E-state index contributed by atoms with van der Waals surface area (Å²) in [5, 5.41) is 0. The van der Waals surface area contributed by atoms with Crippen LogP contribution in [0.2, 0.25) is 0 Å². The molecule has 0 aliphatic heterocycles. The van der Waals surface area contributed by atoms with Crippen molar-refractivity contribution in [2.24, 2.45) is 5.92 Å². The minimum absolute atomic E-state index is 0.0763. The first-order valence-electron chi connectivity index (χ1n) is 10.3. The van der Waals surface area contributed by atoms with Gasteiger partial charge in [-0.25, -0.2) is 13.2 Å². The van der Waals surface area contributed by atoms with Crippen LogP contribution in [0.25, 0.3) is 0 Å². The van der Waals surface area contributed by atoms with Crippen molar-refractivity contribution < 1.29 is 13.2 Å². The first-order valence-corrected chi connectivity index (χ1v) is 10.3. The summed E-state index contributed by atoms with van der Waals surface area (Å²) in [4.78, 5) is 0. The number of benzene rings is 2. The number of hydrogen-bond acceptors (Lipinski definition) is 0. The lowest BCUT2D eigenvalue weighted by molar-refractivity contribution is 0.300. The van der Waals surface area contributed by atoms with Gasteiger partial charge >= 0.3 is 0 Å². The first-order chi connectivity index (χ1) is 13.1. The van der Waals surface area contributed by atoms with Crippen LogP contribution in [-0.4, -0.2) is 0 Å². The van der Waals surface area contributed by atoms with Gasteiger partial charge in [-0.1, -0.05) is 44.4 Å². The molecule has 0 heterocycles. The molecule has 27 heavy (non-hydrogen) atoms. The van der Waals surface area contributed by atoms with Gasteiger partial charge in [0.2, 0.25) is 0 Å². The lowest BCUT2D eigenvalue weighted by Crippen LogP contribution is -2.14. The molecule has 0 atom stereocenters. The molecule has 3 rings (SSSR count). The van der Waals surface area contributed by atoms with E-state index in [4.69, 9.17) is 0 Å². The van der Waals surface area contributed by atoms with Gasteiger partial charge in [0.25, 0.3) is 0 Å². The number of unbranched alkanes of at least 4 members (excludes halogenated alkanes) is 1. The Bertz CT molecular complexity index is 725. The molecular formula is C24H29F3. The molecule has 3 heteroatoms. The van der Waals surface area contributed by atoms with E-state index in [0.717, 1.165) is 29.9 Å². The van der Waals surface area contributed by atoms with Gasteiger partial charge in [0, 0.05) is 5.56 Å². The molecular weight excluding hydrogens is 345 g/mol. The minimum atomic E-state index is -0.535. The predicted molar refractivity (Wildman–Crippen MR) is 104 cm³/mol. The fraction of sp³-hybridized carbons (Fsp3) is 0.500. The van der Waals surface area contributed by atoms with E-state index in [1.165, 1.54) is 50.3 Å². The number of hydrogen-bond donors (Lipinski definition) is 0. The van der Waals surface area contributed by atoms with Crippen LogP contribution in [0.4, 0.5) is 13.2 Å². The van der Waals surface area contributed by atoms with Crippen LogP contribution in [-0.2, 0) is 12.8 Å². The van der Waals surface area contributed by atoms with Crippen LogP contribution in [0.15, 0.2) is 36.4 Å². The van der Waals surface area contributed by atoms with Crippen LogP contribution in [0.5, 0.6) is 0 Å². The molecule has 1 aliphatic rings. The Balaban J connectivity index is 1.59. The molecule has 0 aromatic heterocycles. The van der Waals surface area contributed by atoms with Crippen LogP contribution >= 0.6 is 0 Å². The zero-order valence-corrected chi connectivity index (χ0v) is 16.1. The van der Waals surface area contributed by atoms with Gasteiger partial charge in [-0.3, -0.25) is 0 Å². The van der Waals surface area contributed by atoms with E-state index >= 15 is 0 Å². The second kappa shape index (κ2) is 9.43. The summed E-state index contributed by atoms with van der Waals surface area (Å²) in [6.45, 7) is 2.23. The van der Waals surface area contributed by atoms with Gasteiger partial charge in [-0.05, 0) is 79.7 Å². The first kappa shape index (κ1) is 20.0. The molecule has 0 saturated heterocycles. The van der Waals surface area contributed by atoms with Gasteiger partial charge in [0.15, 0.2) is 0 Å². The third-order valence-corrected chi connectivity index (χ3v) is 6.04. The topological polar surface area (TPSA) is 0 Å². The average Bonchev–Trinajstić information content (AvgIpc) is 2.67. The molecule has 0 spiro atoms. The van der Waals surface area contributed by atoms with E-state index < -0.39 is 11.6 Å². The van der Waals surface area contributed by atoms with Crippen molar-refractivity contribution in [2.45, 2.75) is 70.6 Å². The highest BCUT2D eigenvalue weighted by atomic mass is 19.1. The van der Waals surface area contributed by atoms with E-state index in [-0.39, 0.29) is 17.8 Å². The van der Waals surface area contributed by atoms with Crippen molar-refractivity contribution in [3.05, 3.63) is 70.5 Å². The Morgan fingerprint density at radius 2 is 1.56 bits per heavy atom. The van der Waals surface area contributed by atoms with E-state index in [1.807, 2.05) is 12.1 Å². The van der Waals surface area contributed by atoms with Gasteiger partial charge in [0.05, 0.1) is 0 Å². The van der Waals surface area contributed by atoms with Crippen molar-refractivity contribution in [3.63, 3.8) is 0 Å². The van der Waals surface area contributed by atoms with Crippen LogP contribution in [0.3, 0.4) is 0 Å². The zero-order chi connectivity index (χ0) is 19.2. The largest absolute Gasteiger partial charge is 0.207 e. The maximum absolute atomic E-state index is 14.7. The number of rotatable bonds is 7. The number of aryl methyl sites for hydroxylation is 1. The molecule has 1 saturated carbocycles. The van der Waals surface area contributed by atoms with E-state index in [2.05, 4.69) is 6.92 Å². The second-order valence-corrected chi connectivity index (χ2v) is 7.92.